The van der Waals surface area contributed by atoms with Crippen molar-refractivity contribution in [3.8, 4) is 17.1 Å². The molecule has 18 heteroatoms. The van der Waals surface area contributed by atoms with Crippen LogP contribution in [0.5, 0.6) is 0 Å². The summed E-state index contributed by atoms with van der Waals surface area (Å²) in [7, 11) is 3.82. The van der Waals surface area contributed by atoms with Crippen LogP contribution in [0, 0.1) is 5.92 Å². The highest BCUT2D eigenvalue weighted by molar-refractivity contribution is 6.03. The van der Waals surface area contributed by atoms with E-state index in [0.717, 1.165) is 49.1 Å². The number of pyridine rings is 1. The zero-order valence-electron chi connectivity index (χ0n) is 34.4. The molecule has 2 aromatic carbocycles. The molecule has 16 nitrogen and oxygen atoms in total. The van der Waals surface area contributed by atoms with Crippen molar-refractivity contribution in [3.05, 3.63) is 106 Å². The van der Waals surface area contributed by atoms with E-state index in [0.29, 0.717) is 47.6 Å². The summed E-state index contributed by atoms with van der Waals surface area (Å²) in [6.45, 7) is 3.89. The summed E-state index contributed by atoms with van der Waals surface area (Å²) < 4.78 is 38.4. The third kappa shape index (κ3) is 8.52. The lowest BCUT2D eigenvalue weighted by Gasteiger charge is -2.37. The zero-order valence-corrected chi connectivity index (χ0v) is 34.4. The number of fused-ring (bicyclic) bond motifs is 1. The molecule has 4 aromatic heterocycles. The number of piperidine rings is 2. The number of para-hydroxylation sites is 1. The second kappa shape index (κ2) is 17.1. The monoisotopic (exact) mass is 847 g/mol. The smallest absolute Gasteiger partial charge is 0.329 e. The second-order valence-corrected chi connectivity index (χ2v) is 16.5. The Balaban J connectivity index is 0.799. The van der Waals surface area contributed by atoms with E-state index in [-0.39, 0.29) is 41.7 Å². The minimum atomic E-state index is -2.94. The average Bonchev–Trinajstić information content (AvgIpc) is 3.67. The molecular weight excluding hydrogens is 801 g/mol. The predicted octanol–water partition coefficient (Wildman–Crippen LogP) is 5.66. The van der Waals surface area contributed by atoms with Crippen LogP contribution >= 0.6 is 0 Å². The van der Waals surface area contributed by atoms with E-state index in [4.69, 9.17) is 4.42 Å². The fraction of sp³-hybridized carbons (Fsp3) is 0.386. The number of oxazole rings is 1. The number of anilines is 2. The number of carbonyl (C=O) groups is 3. The Labute approximate surface area is 354 Å². The predicted molar refractivity (Wildman–Crippen MR) is 226 cm³/mol. The highest BCUT2D eigenvalue weighted by Gasteiger charge is 2.32. The normalized spacial score (nSPS) is 17.6. The molecule has 2 saturated heterocycles. The first-order valence-electron chi connectivity index (χ1n) is 20.9. The van der Waals surface area contributed by atoms with Gasteiger partial charge in [-0.3, -0.25) is 38.6 Å². The number of alkyl halides is 2. The molecule has 0 bridgehead atoms. The molecule has 1 atom stereocenters. The highest BCUT2D eigenvalue weighted by atomic mass is 19.3. The second-order valence-electron chi connectivity index (χ2n) is 16.5. The van der Waals surface area contributed by atoms with Crippen LogP contribution in [0.4, 0.5) is 20.3 Å². The minimum absolute atomic E-state index is 0.0682. The first-order chi connectivity index (χ1) is 30.0. The number of halogens is 2. The fourth-order valence-corrected chi connectivity index (χ4v) is 8.51. The number of imide groups is 1. The number of hydrogen-bond donors (Lipinski definition) is 3. The van der Waals surface area contributed by atoms with Gasteiger partial charge in [-0.2, -0.15) is 5.10 Å². The van der Waals surface area contributed by atoms with Crippen molar-refractivity contribution < 1.29 is 27.6 Å². The molecule has 1 saturated carbocycles. The van der Waals surface area contributed by atoms with Crippen LogP contribution in [0.3, 0.4) is 0 Å². The van der Waals surface area contributed by atoms with E-state index < -0.39 is 30.0 Å². The van der Waals surface area contributed by atoms with Crippen LogP contribution in [-0.4, -0.2) is 89.1 Å². The van der Waals surface area contributed by atoms with Gasteiger partial charge in [-0.05, 0) is 99.6 Å². The van der Waals surface area contributed by atoms with Gasteiger partial charge in [0.25, 0.3) is 12.3 Å². The maximum Gasteiger partial charge on any atom is 0.329 e. The molecule has 3 amide bonds. The summed E-state index contributed by atoms with van der Waals surface area (Å²) >= 11 is 0. The van der Waals surface area contributed by atoms with Crippen LogP contribution in [0.25, 0.3) is 28.2 Å². The Bertz CT molecular complexity index is 2690. The molecule has 1 unspecified atom stereocenters. The maximum atomic E-state index is 14.2. The summed E-state index contributed by atoms with van der Waals surface area (Å²) in [4.78, 5) is 64.3. The SMILES string of the molecule is CN(Cc1ccc(-n2cc(NC(=O)c3coc(-c4ccnc(NCC5CC5)c4)n3)c(C(F)F)n2)cc1)C1CCN(Cc2cccc3c2n(C)c(=O)n3C2CCC(=O)NC2=O)CC1. The number of aromatic nitrogens is 6. The number of nitrogens with one attached hydrogen (secondary N) is 3. The number of hydrogen-bond acceptors (Lipinski definition) is 11. The molecule has 6 heterocycles. The first-order valence-corrected chi connectivity index (χ1v) is 20.9. The van der Waals surface area contributed by atoms with Crippen LogP contribution in [0.2, 0.25) is 0 Å². The summed E-state index contributed by atoms with van der Waals surface area (Å²) in [6.07, 6.45) is 6.00. The van der Waals surface area contributed by atoms with E-state index in [9.17, 15) is 28.0 Å². The highest BCUT2D eigenvalue weighted by Crippen LogP contribution is 2.31. The average molecular weight is 848 g/mol. The zero-order chi connectivity index (χ0) is 43.1. The topological polar surface area (TPSA) is 177 Å². The summed E-state index contributed by atoms with van der Waals surface area (Å²) in [6, 6.07) is 16.4. The molecule has 0 spiro atoms. The van der Waals surface area contributed by atoms with Gasteiger partial charge < -0.3 is 15.1 Å². The van der Waals surface area contributed by atoms with Gasteiger partial charge in [0.05, 0.1) is 28.6 Å². The van der Waals surface area contributed by atoms with E-state index >= 15 is 0 Å². The molecule has 1 aliphatic carbocycles. The molecule has 2 aliphatic heterocycles. The van der Waals surface area contributed by atoms with Gasteiger partial charge in [0.2, 0.25) is 17.7 Å². The van der Waals surface area contributed by atoms with Crippen molar-refractivity contribution in [1.29, 1.82) is 0 Å². The van der Waals surface area contributed by atoms with Crippen LogP contribution in [-0.2, 0) is 29.7 Å². The van der Waals surface area contributed by atoms with Gasteiger partial charge in [0.15, 0.2) is 11.4 Å². The summed E-state index contributed by atoms with van der Waals surface area (Å²) in [5.41, 5.74) is 3.65. The van der Waals surface area contributed by atoms with Crippen molar-refractivity contribution in [3.63, 3.8) is 0 Å². The number of carbonyl (C=O) groups excluding carboxylic acids is 3. The third-order valence-corrected chi connectivity index (χ3v) is 12.1. The number of benzene rings is 2. The molecule has 3 fully saturated rings. The van der Waals surface area contributed by atoms with Crippen LogP contribution < -0.4 is 21.6 Å². The van der Waals surface area contributed by atoms with Crippen LogP contribution in [0.1, 0.15) is 78.3 Å². The molecule has 3 aliphatic rings. The summed E-state index contributed by atoms with van der Waals surface area (Å²) in [5.74, 6) is 0.0532. The number of likely N-dealkylation sites (tertiary alicyclic amines) is 1. The van der Waals surface area contributed by atoms with Gasteiger partial charge in [-0.1, -0.05) is 24.3 Å². The lowest BCUT2D eigenvalue weighted by molar-refractivity contribution is -0.135. The Morgan fingerprint density at radius 2 is 1.82 bits per heavy atom. The quantitative estimate of drug-likeness (QED) is 0.115. The largest absolute Gasteiger partial charge is 0.444 e. The minimum Gasteiger partial charge on any atom is -0.444 e. The van der Waals surface area contributed by atoms with Crippen LogP contribution in [0.15, 0.2) is 82.5 Å². The van der Waals surface area contributed by atoms with E-state index in [2.05, 4.69) is 47.9 Å². The Morgan fingerprint density at radius 1 is 1.03 bits per heavy atom. The van der Waals surface area contributed by atoms with Crippen molar-refractivity contribution in [2.24, 2.45) is 13.0 Å². The third-order valence-electron chi connectivity index (χ3n) is 12.1. The fourth-order valence-electron chi connectivity index (χ4n) is 8.51. The molecule has 322 valence electrons. The molecule has 6 aromatic rings. The van der Waals surface area contributed by atoms with E-state index in [1.165, 1.54) is 34.6 Å². The van der Waals surface area contributed by atoms with Gasteiger partial charge >= 0.3 is 5.69 Å². The maximum absolute atomic E-state index is 14.2. The first kappa shape index (κ1) is 40.9. The van der Waals surface area contributed by atoms with Gasteiger partial charge in [0.1, 0.15) is 18.1 Å². The van der Waals surface area contributed by atoms with Gasteiger partial charge in [-0.25, -0.2) is 28.2 Å². The summed E-state index contributed by atoms with van der Waals surface area (Å²) in [5, 5.41) is 12.3. The van der Waals surface area contributed by atoms with Gasteiger partial charge in [0, 0.05) is 50.9 Å². The lowest BCUT2D eigenvalue weighted by atomic mass is 10.0. The van der Waals surface area contributed by atoms with Crippen molar-refractivity contribution >= 4 is 40.3 Å². The number of rotatable bonds is 14. The van der Waals surface area contributed by atoms with E-state index in [1.807, 2.05) is 42.5 Å². The van der Waals surface area contributed by atoms with Crippen molar-refractivity contribution in [1.82, 2.24) is 44.0 Å². The molecule has 3 N–H and O–H groups in total. The molecule has 0 radical (unpaired) electrons. The Morgan fingerprint density at radius 3 is 2.56 bits per heavy atom. The Hall–Kier alpha value is -6.53. The number of imidazole rings is 1. The molecule has 62 heavy (non-hydrogen) atoms. The number of nitrogens with zero attached hydrogens (tertiary/aromatic N) is 8. The molecule has 9 rings (SSSR count). The van der Waals surface area contributed by atoms with Crippen molar-refractivity contribution in [2.75, 3.05) is 37.3 Å². The lowest BCUT2D eigenvalue weighted by Crippen LogP contribution is -2.44. The van der Waals surface area contributed by atoms with E-state index in [1.54, 1.807) is 29.9 Å². The Kier molecular flexibility index (Phi) is 11.3. The van der Waals surface area contributed by atoms with Gasteiger partial charge in [-0.15, -0.1) is 0 Å². The van der Waals surface area contributed by atoms with Crippen molar-refractivity contribution in [2.45, 2.75) is 70.1 Å². The number of aryl methyl sites for hydroxylation is 1. The number of amides is 3. The standard InChI is InChI=1S/C44H47F2N11O5/c1-53(30-15-18-55(19-16-30)23-29-4-3-5-34-39(29)54(2)44(61)57(34)35-12-13-37(58)51-42(35)60)22-27-8-10-31(11-9-27)56-24-32(38(52-56)40(45)46)49-41(59)33-25-62-43(50-33)28-14-17-47-36(20-28)48-21-26-6-7-26/h3-5,8-11,14,17,20,24-26,30,35,40H,6-7,12-13,15-16,18-19,21-23H2,1-2H3,(H,47,48)(H,49,59)(H,51,58,60). The molecular formula is C44H47F2N11O5.